The number of amides is 1. The summed E-state index contributed by atoms with van der Waals surface area (Å²) >= 11 is 0. The van der Waals surface area contributed by atoms with Gasteiger partial charge in [-0.2, -0.15) is 0 Å². The molecule has 1 amide bonds. The Labute approximate surface area is 202 Å². The molecule has 0 aliphatic carbocycles. The van der Waals surface area contributed by atoms with Crippen molar-refractivity contribution < 1.29 is 23.5 Å². The van der Waals surface area contributed by atoms with E-state index in [0.29, 0.717) is 28.6 Å². The molecule has 3 aromatic carbocycles. The van der Waals surface area contributed by atoms with Crippen LogP contribution in [0, 0.1) is 6.92 Å². The third-order valence-corrected chi connectivity index (χ3v) is 5.31. The number of aromatic nitrogens is 2. The van der Waals surface area contributed by atoms with E-state index in [9.17, 15) is 14.4 Å². The normalized spacial score (nSPS) is 11.5. The molecule has 0 aliphatic rings. The Morgan fingerprint density at radius 1 is 0.857 bits per heavy atom. The summed E-state index contributed by atoms with van der Waals surface area (Å²) in [4.78, 5) is 36.8. The fourth-order valence-corrected chi connectivity index (χ4v) is 3.32. The summed E-state index contributed by atoms with van der Waals surface area (Å²) in [5.41, 5.74) is 3.58. The third-order valence-electron chi connectivity index (χ3n) is 5.31. The van der Waals surface area contributed by atoms with Crippen molar-refractivity contribution in [1.29, 1.82) is 0 Å². The first-order chi connectivity index (χ1) is 16.8. The number of hydrogen-bond acceptors (Lipinski definition) is 7. The fourth-order valence-electron chi connectivity index (χ4n) is 3.32. The molecule has 1 atom stereocenters. The van der Waals surface area contributed by atoms with E-state index in [1.165, 1.54) is 13.8 Å². The molecule has 35 heavy (non-hydrogen) atoms. The van der Waals surface area contributed by atoms with Crippen molar-refractivity contribution in [2.75, 3.05) is 5.32 Å². The van der Waals surface area contributed by atoms with Crippen LogP contribution in [0.25, 0.3) is 22.9 Å². The van der Waals surface area contributed by atoms with E-state index in [4.69, 9.17) is 9.15 Å². The first-order valence-corrected chi connectivity index (χ1v) is 10.9. The van der Waals surface area contributed by atoms with Gasteiger partial charge in [-0.25, -0.2) is 4.79 Å². The van der Waals surface area contributed by atoms with E-state index in [1.807, 2.05) is 31.2 Å². The molecular weight excluding hydrogens is 446 g/mol. The molecule has 0 radical (unpaired) electrons. The smallest absolute Gasteiger partial charge is 0.338 e. The SMILES string of the molecule is CC(=O)c1ccccc1NC(=O)C(C)OC(=O)c1ccc(-c2nnc(-c3ccc(C)cc3)o2)cc1. The minimum atomic E-state index is -1.07. The Bertz CT molecular complexity index is 1370. The Hall–Kier alpha value is -4.59. The van der Waals surface area contributed by atoms with Gasteiger partial charge >= 0.3 is 5.97 Å². The van der Waals surface area contributed by atoms with Crippen LogP contribution in [0.15, 0.2) is 77.2 Å². The molecule has 0 spiro atoms. The van der Waals surface area contributed by atoms with Crippen LogP contribution < -0.4 is 5.32 Å². The summed E-state index contributed by atoms with van der Waals surface area (Å²) < 4.78 is 11.1. The van der Waals surface area contributed by atoms with E-state index >= 15 is 0 Å². The molecule has 1 N–H and O–H groups in total. The van der Waals surface area contributed by atoms with Crippen molar-refractivity contribution in [3.05, 3.63) is 89.5 Å². The second kappa shape index (κ2) is 10.1. The second-order valence-corrected chi connectivity index (χ2v) is 7.99. The molecule has 0 saturated carbocycles. The predicted molar refractivity (Wildman–Crippen MR) is 130 cm³/mol. The summed E-state index contributed by atoms with van der Waals surface area (Å²) in [6, 6.07) is 20.8. The van der Waals surface area contributed by atoms with Crippen LogP contribution in [0.3, 0.4) is 0 Å². The lowest BCUT2D eigenvalue weighted by atomic mass is 10.1. The maximum absolute atomic E-state index is 12.5. The zero-order valence-electron chi connectivity index (χ0n) is 19.4. The number of benzene rings is 3. The number of carbonyl (C=O) groups is 3. The molecule has 0 fully saturated rings. The number of nitrogens with zero attached hydrogens (tertiary/aromatic N) is 2. The number of ketones is 1. The summed E-state index contributed by atoms with van der Waals surface area (Å²) in [7, 11) is 0. The van der Waals surface area contributed by atoms with Crippen molar-refractivity contribution in [3.63, 3.8) is 0 Å². The van der Waals surface area contributed by atoms with Crippen LogP contribution >= 0.6 is 0 Å². The average molecular weight is 469 g/mol. The molecule has 4 rings (SSSR count). The summed E-state index contributed by atoms with van der Waals surface area (Å²) in [6.45, 7) is 4.87. The first kappa shape index (κ1) is 23.6. The minimum absolute atomic E-state index is 0.183. The largest absolute Gasteiger partial charge is 0.449 e. The van der Waals surface area contributed by atoms with Crippen molar-refractivity contribution in [3.8, 4) is 22.9 Å². The molecular formula is C27H23N3O5. The van der Waals surface area contributed by atoms with Crippen molar-refractivity contribution >= 4 is 23.3 Å². The molecule has 8 heteroatoms. The lowest BCUT2D eigenvalue weighted by molar-refractivity contribution is -0.123. The molecule has 0 aliphatic heterocycles. The molecule has 176 valence electrons. The van der Waals surface area contributed by atoms with Crippen LogP contribution in [0.1, 0.15) is 40.1 Å². The van der Waals surface area contributed by atoms with Crippen LogP contribution in [0.5, 0.6) is 0 Å². The summed E-state index contributed by atoms with van der Waals surface area (Å²) in [5.74, 6) is -0.673. The van der Waals surface area contributed by atoms with E-state index in [1.54, 1.807) is 48.5 Å². The summed E-state index contributed by atoms with van der Waals surface area (Å²) in [5, 5.41) is 10.8. The summed E-state index contributed by atoms with van der Waals surface area (Å²) in [6.07, 6.45) is -1.07. The zero-order valence-corrected chi connectivity index (χ0v) is 19.4. The van der Waals surface area contributed by atoms with E-state index in [2.05, 4.69) is 15.5 Å². The Balaban J connectivity index is 1.40. The second-order valence-electron chi connectivity index (χ2n) is 7.99. The lowest BCUT2D eigenvalue weighted by Gasteiger charge is -2.15. The van der Waals surface area contributed by atoms with Gasteiger partial charge in [0, 0.05) is 16.7 Å². The molecule has 0 bridgehead atoms. The molecule has 8 nitrogen and oxygen atoms in total. The number of aryl methyl sites for hydroxylation is 1. The van der Waals surface area contributed by atoms with Crippen LogP contribution in [0.4, 0.5) is 5.69 Å². The van der Waals surface area contributed by atoms with E-state index < -0.39 is 18.0 Å². The Kier molecular flexibility index (Phi) is 6.82. The van der Waals surface area contributed by atoms with Gasteiger partial charge in [0.15, 0.2) is 11.9 Å². The highest BCUT2D eigenvalue weighted by molar-refractivity contribution is 6.05. The number of anilines is 1. The number of rotatable bonds is 7. The van der Waals surface area contributed by atoms with Crippen LogP contribution in [-0.2, 0) is 9.53 Å². The van der Waals surface area contributed by atoms with Crippen molar-refractivity contribution in [2.45, 2.75) is 26.9 Å². The maximum atomic E-state index is 12.5. The van der Waals surface area contributed by atoms with Gasteiger partial charge in [-0.05, 0) is 69.3 Å². The number of para-hydroxylation sites is 1. The molecule has 4 aromatic rings. The van der Waals surface area contributed by atoms with Gasteiger partial charge in [0.25, 0.3) is 5.91 Å². The minimum Gasteiger partial charge on any atom is -0.449 e. The molecule has 1 unspecified atom stereocenters. The number of esters is 1. The highest BCUT2D eigenvalue weighted by Crippen LogP contribution is 2.24. The van der Waals surface area contributed by atoms with E-state index in [0.717, 1.165) is 11.1 Å². The number of Topliss-reactive ketones (excluding diaryl/α,β-unsaturated/α-hetero) is 1. The van der Waals surface area contributed by atoms with Crippen LogP contribution in [-0.4, -0.2) is 34.0 Å². The quantitative estimate of drug-likeness (QED) is 0.296. The van der Waals surface area contributed by atoms with Crippen molar-refractivity contribution in [2.24, 2.45) is 0 Å². The predicted octanol–water partition coefficient (Wildman–Crippen LogP) is 5.10. The maximum Gasteiger partial charge on any atom is 0.338 e. The number of ether oxygens (including phenoxy) is 1. The Morgan fingerprint density at radius 3 is 2.03 bits per heavy atom. The third kappa shape index (κ3) is 5.50. The van der Waals surface area contributed by atoms with Gasteiger partial charge in [-0.3, -0.25) is 9.59 Å². The molecule has 1 aromatic heterocycles. The fraction of sp³-hybridized carbons (Fsp3) is 0.148. The van der Waals surface area contributed by atoms with Gasteiger partial charge in [0.05, 0.1) is 11.3 Å². The molecule has 1 heterocycles. The number of hydrogen-bond donors (Lipinski definition) is 1. The molecule has 0 saturated heterocycles. The average Bonchev–Trinajstić information content (AvgIpc) is 3.35. The highest BCUT2D eigenvalue weighted by Gasteiger charge is 2.21. The van der Waals surface area contributed by atoms with Crippen molar-refractivity contribution in [1.82, 2.24) is 10.2 Å². The van der Waals surface area contributed by atoms with Gasteiger partial charge in [-0.1, -0.05) is 29.8 Å². The monoisotopic (exact) mass is 469 g/mol. The van der Waals surface area contributed by atoms with Gasteiger partial charge in [0.2, 0.25) is 11.8 Å². The topological polar surface area (TPSA) is 111 Å². The van der Waals surface area contributed by atoms with Crippen LogP contribution in [0.2, 0.25) is 0 Å². The van der Waals surface area contributed by atoms with E-state index in [-0.39, 0.29) is 11.3 Å². The standard InChI is InChI=1S/C27H23N3O5/c1-16-8-10-19(11-9-16)25-29-30-26(35-25)20-12-14-21(15-13-20)27(33)34-18(3)24(32)28-23-7-5-4-6-22(23)17(2)31/h4-15,18H,1-3H3,(H,28,32). The zero-order chi connectivity index (χ0) is 24.9. The highest BCUT2D eigenvalue weighted by atomic mass is 16.5. The van der Waals surface area contributed by atoms with Gasteiger partial charge in [-0.15, -0.1) is 10.2 Å². The lowest BCUT2D eigenvalue weighted by Crippen LogP contribution is -2.30. The number of nitrogens with one attached hydrogen (secondary N) is 1. The number of carbonyl (C=O) groups excluding carboxylic acids is 3. The van der Waals surface area contributed by atoms with Gasteiger partial charge in [0.1, 0.15) is 0 Å². The Morgan fingerprint density at radius 2 is 1.43 bits per heavy atom. The first-order valence-electron chi connectivity index (χ1n) is 10.9. The van der Waals surface area contributed by atoms with Gasteiger partial charge < -0.3 is 14.5 Å².